The SMILES string of the molecule is CC(C)CN(Cc1ccc(CN)cc1Cl)C1CC1. The summed E-state index contributed by atoms with van der Waals surface area (Å²) in [7, 11) is 0. The summed E-state index contributed by atoms with van der Waals surface area (Å²) < 4.78 is 0. The van der Waals surface area contributed by atoms with Crippen LogP contribution in [0.4, 0.5) is 0 Å². The molecule has 0 unspecified atom stereocenters. The monoisotopic (exact) mass is 266 g/mol. The largest absolute Gasteiger partial charge is 0.326 e. The molecule has 1 fully saturated rings. The van der Waals surface area contributed by atoms with Crippen LogP contribution in [0.5, 0.6) is 0 Å². The minimum atomic E-state index is 0.554. The third-order valence-corrected chi connectivity index (χ3v) is 3.74. The van der Waals surface area contributed by atoms with Crippen LogP contribution in [0, 0.1) is 5.92 Å². The van der Waals surface area contributed by atoms with E-state index in [2.05, 4.69) is 30.9 Å². The molecular weight excluding hydrogens is 244 g/mol. The van der Waals surface area contributed by atoms with Crippen molar-refractivity contribution in [2.24, 2.45) is 11.7 Å². The van der Waals surface area contributed by atoms with Crippen molar-refractivity contribution >= 4 is 11.6 Å². The molecule has 1 aliphatic rings. The number of benzene rings is 1. The quantitative estimate of drug-likeness (QED) is 0.855. The summed E-state index contributed by atoms with van der Waals surface area (Å²) >= 11 is 6.33. The topological polar surface area (TPSA) is 29.3 Å². The Morgan fingerprint density at radius 2 is 2.11 bits per heavy atom. The highest BCUT2D eigenvalue weighted by Gasteiger charge is 2.29. The Morgan fingerprint density at radius 3 is 2.61 bits per heavy atom. The van der Waals surface area contributed by atoms with Gasteiger partial charge in [0.2, 0.25) is 0 Å². The summed E-state index contributed by atoms with van der Waals surface area (Å²) in [6.45, 7) is 7.22. The summed E-state index contributed by atoms with van der Waals surface area (Å²) in [6, 6.07) is 6.98. The molecule has 2 N–H and O–H groups in total. The van der Waals surface area contributed by atoms with Crippen molar-refractivity contribution in [2.45, 2.75) is 45.8 Å². The fourth-order valence-electron chi connectivity index (χ4n) is 2.32. The van der Waals surface area contributed by atoms with Crippen LogP contribution in [0.3, 0.4) is 0 Å². The van der Waals surface area contributed by atoms with Crippen molar-refractivity contribution in [3.8, 4) is 0 Å². The number of halogens is 1. The van der Waals surface area contributed by atoms with Crippen LogP contribution in [0.1, 0.15) is 37.8 Å². The third kappa shape index (κ3) is 3.71. The molecule has 0 bridgehead atoms. The van der Waals surface area contributed by atoms with E-state index in [4.69, 9.17) is 17.3 Å². The zero-order chi connectivity index (χ0) is 13.1. The highest BCUT2D eigenvalue weighted by atomic mass is 35.5. The number of rotatable bonds is 6. The molecule has 0 aromatic heterocycles. The lowest BCUT2D eigenvalue weighted by atomic mass is 10.1. The molecule has 1 saturated carbocycles. The summed E-state index contributed by atoms with van der Waals surface area (Å²) in [5, 5.41) is 0.854. The van der Waals surface area contributed by atoms with E-state index in [0.717, 1.165) is 29.7 Å². The van der Waals surface area contributed by atoms with Crippen LogP contribution in [-0.4, -0.2) is 17.5 Å². The second-order valence-corrected chi connectivity index (χ2v) is 6.09. The van der Waals surface area contributed by atoms with Crippen molar-refractivity contribution in [1.82, 2.24) is 4.90 Å². The number of hydrogen-bond acceptors (Lipinski definition) is 2. The Balaban J connectivity index is 2.06. The fourth-order valence-corrected chi connectivity index (χ4v) is 2.58. The average molecular weight is 267 g/mol. The molecule has 0 heterocycles. The predicted molar refractivity (Wildman–Crippen MR) is 77.6 cm³/mol. The third-order valence-electron chi connectivity index (χ3n) is 3.39. The van der Waals surface area contributed by atoms with Gasteiger partial charge < -0.3 is 5.73 Å². The van der Waals surface area contributed by atoms with Gasteiger partial charge >= 0.3 is 0 Å². The van der Waals surface area contributed by atoms with Gasteiger partial charge in [-0.2, -0.15) is 0 Å². The lowest BCUT2D eigenvalue weighted by Crippen LogP contribution is -2.29. The normalized spacial score (nSPS) is 15.7. The zero-order valence-corrected chi connectivity index (χ0v) is 12.1. The first-order chi connectivity index (χ1) is 8.60. The molecule has 2 rings (SSSR count). The Labute approximate surface area is 115 Å². The smallest absolute Gasteiger partial charge is 0.0454 e. The van der Waals surface area contributed by atoms with Gasteiger partial charge in [0.25, 0.3) is 0 Å². The molecule has 18 heavy (non-hydrogen) atoms. The molecule has 100 valence electrons. The minimum Gasteiger partial charge on any atom is -0.326 e. The molecule has 0 aliphatic heterocycles. The Kier molecular flexibility index (Phi) is 4.66. The lowest BCUT2D eigenvalue weighted by molar-refractivity contribution is 0.226. The van der Waals surface area contributed by atoms with Gasteiger partial charge in [-0.05, 0) is 36.0 Å². The van der Waals surface area contributed by atoms with E-state index in [0.29, 0.717) is 12.5 Å². The standard InChI is InChI=1S/C15H23ClN2/c1-11(2)9-18(14-5-6-14)10-13-4-3-12(8-17)7-15(13)16/h3-4,7,11,14H,5-6,8-10,17H2,1-2H3. The van der Waals surface area contributed by atoms with Crippen molar-refractivity contribution in [3.63, 3.8) is 0 Å². The van der Waals surface area contributed by atoms with E-state index in [1.165, 1.54) is 18.4 Å². The number of nitrogens with zero attached hydrogens (tertiary/aromatic N) is 1. The molecule has 2 nitrogen and oxygen atoms in total. The van der Waals surface area contributed by atoms with E-state index in [9.17, 15) is 0 Å². The molecule has 0 spiro atoms. The molecule has 1 aromatic carbocycles. The highest BCUT2D eigenvalue weighted by Crippen LogP contribution is 2.30. The first kappa shape index (κ1) is 13.9. The zero-order valence-electron chi connectivity index (χ0n) is 11.3. The molecule has 1 aromatic rings. The maximum atomic E-state index is 6.33. The van der Waals surface area contributed by atoms with Gasteiger partial charge in [0.05, 0.1) is 0 Å². The van der Waals surface area contributed by atoms with Crippen molar-refractivity contribution in [1.29, 1.82) is 0 Å². The first-order valence-corrected chi connectivity index (χ1v) is 7.19. The maximum absolute atomic E-state index is 6.33. The van der Waals surface area contributed by atoms with Gasteiger partial charge in [0.1, 0.15) is 0 Å². The number of hydrogen-bond donors (Lipinski definition) is 1. The van der Waals surface area contributed by atoms with E-state index in [1.807, 2.05) is 6.07 Å². The van der Waals surface area contributed by atoms with Gasteiger partial charge in [-0.25, -0.2) is 0 Å². The van der Waals surface area contributed by atoms with Gasteiger partial charge in [-0.15, -0.1) is 0 Å². The average Bonchev–Trinajstić information content (AvgIpc) is 3.14. The second kappa shape index (κ2) is 6.05. The van der Waals surface area contributed by atoms with Crippen molar-refractivity contribution < 1.29 is 0 Å². The minimum absolute atomic E-state index is 0.554. The molecule has 1 aliphatic carbocycles. The summed E-state index contributed by atoms with van der Waals surface area (Å²) in [5.41, 5.74) is 7.95. The van der Waals surface area contributed by atoms with E-state index in [1.54, 1.807) is 0 Å². The van der Waals surface area contributed by atoms with Gasteiger partial charge in [0, 0.05) is 30.7 Å². The van der Waals surface area contributed by atoms with Crippen molar-refractivity contribution in [2.75, 3.05) is 6.54 Å². The summed E-state index contributed by atoms with van der Waals surface area (Å²) in [5.74, 6) is 0.702. The fraction of sp³-hybridized carbons (Fsp3) is 0.600. The van der Waals surface area contributed by atoms with Crippen LogP contribution < -0.4 is 5.73 Å². The summed E-state index contributed by atoms with van der Waals surface area (Å²) in [4.78, 5) is 2.56. The molecule has 3 heteroatoms. The Bertz CT molecular complexity index is 399. The lowest BCUT2D eigenvalue weighted by Gasteiger charge is -2.24. The van der Waals surface area contributed by atoms with Gasteiger partial charge in [-0.1, -0.05) is 37.6 Å². The first-order valence-electron chi connectivity index (χ1n) is 6.81. The molecular formula is C15H23ClN2. The molecule has 0 amide bonds. The van der Waals surface area contributed by atoms with Crippen molar-refractivity contribution in [3.05, 3.63) is 34.3 Å². The second-order valence-electron chi connectivity index (χ2n) is 5.68. The van der Waals surface area contributed by atoms with Crippen LogP contribution in [0.15, 0.2) is 18.2 Å². The van der Waals surface area contributed by atoms with Gasteiger partial charge in [-0.3, -0.25) is 4.90 Å². The molecule has 0 saturated heterocycles. The van der Waals surface area contributed by atoms with Gasteiger partial charge in [0.15, 0.2) is 0 Å². The van der Waals surface area contributed by atoms with Crippen LogP contribution in [0.2, 0.25) is 5.02 Å². The highest BCUT2D eigenvalue weighted by molar-refractivity contribution is 6.31. The Hall–Kier alpha value is -0.570. The molecule has 0 radical (unpaired) electrons. The summed E-state index contributed by atoms with van der Waals surface area (Å²) in [6.07, 6.45) is 2.68. The number of nitrogens with two attached hydrogens (primary N) is 1. The van der Waals surface area contributed by atoms with E-state index >= 15 is 0 Å². The van der Waals surface area contributed by atoms with Crippen LogP contribution in [0.25, 0.3) is 0 Å². The van der Waals surface area contributed by atoms with E-state index < -0.39 is 0 Å². The predicted octanol–water partition coefficient (Wildman–Crippen LogP) is 3.42. The Morgan fingerprint density at radius 1 is 1.39 bits per heavy atom. The van der Waals surface area contributed by atoms with Crippen LogP contribution in [-0.2, 0) is 13.1 Å². The molecule has 0 atom stereocenters. The van der Waals surface area contributed by atoms with E-state index in [-0.39, 0.29) is 0 Å². The van der Waals surface area contributed by atoms with Crippen LogP contribution >= 0.6 is 11.6 Å². The maximum Gasteiger partial charge on any atom is 0.0454 e.